The van der Waals surface area contributed by atoms with Crippen LogP contribution in [0.5, 0.6) is 0 Å². The Morgan fingerprint density at radius 1 is 0.760 bits per heavy atom. The highest BCUT2D eigenvalue weighted by molar-refractivity contribution is 5.81. The molecule has 2 aromatic carbocycles. The number of fused-ring (bicyclic) bond motifs is 1. The summed E-state index contributed by atoms with van der Waals surface area (Å²) in [4.78, 5) is 0. The molecule has 0 fully saturated rings. The number of benzene rings is 2. The summed E-state index contributed by atoms with van der Waals surface area (Å²) in [5.74, 6) is 0. The van der Waals surface area contributed by atoms with Gasteiger partial charge in [-0.1, -0.05) is 109 Å². The van der Waals surface area contributed by atoms with Crippen LogP contribution >= 0.6 is 0 Å². The van der Waals surface area contributed by atoms with Gasteiger partial charge in [-0.2, -0.15) is 0 Å². The van der Waals surface area contributed by atoms with Gasteiger partial charge in [0, 0.05) is 7.11 Å². The van der Waals surface area contributed by atoms with Crippen molar-refractivity contribution in [3.05, 3.63) is 61.4 Å². The standard InChI is InChI=1S/C10H8.C5H10O2.C4H10.2C2H6/c1-2-6-10-8-4-3-7-9(10)5-1;1-3-7-5-4-6-2;1-3-4-2;2*1-2/h1-8H;3H,1,4-5H2,2H3;3-4H2,1-2H3;2*1-2H3. The van der Waals surface area contributed by atoms with E-state index in [9.17, 15) is 0 Å². The van der Waals surface area contributed by atoms with Crippen LogP contribution in [0, 0.1) is 0 Å². The molecule has 2 rings (SSSR count). The fraction of sp³-hybridized carbons (Fsp3) is 0.478. The molecule has 2 nitrogen and oxygen atoms in total. The lowest BCUT2D eigenvalue weighted by molar-refractivity contribution is 0.124. The molecule has 25 heavy (non-hydrogen) atoms. The van der Waals surface area contributed by atoms with E-state index in [1.54, 1.807) is 7.11 Å². The van der Waals surface area contributed by atoms with Gasteiger partial charge in [-0.25, -0.2) is 0 Å². The fourth-order valence-electron chi connectivity index (χ4n) is 1.35. The molecule has 144 valence electrons. The number of hydrogen-bond donors (Lipinski definition) is 0. The van der Waals surface area contributed by atoms with Gasteiger partial charge < -0.3 is 9.47 Å². The molecule has 0 spiro atoms. The molecule has 0 aromatic heterocycles. The molecule has 0 aliphatic rings. The van der Waals surface area contributed by atoms with Crippen molar-refractivity contribution in [3.63, 3.8) is 0 Å². The van der Waals surface area contributed by atoms with E-state index in [1.165, 1.54) is 29.9 Å². The summed E-state index contributed by atoms with van der Waals surface area (Å²) >= 11 is 0. The normalized spacial score (nSPS) is 7.96. The Labute approximate surface area is 156 Å². The molecule has 2 heteroatoms. The summed E-state index contributed by atoms with van der Waals surface area (Å²) in [6.45, 7) is 16.9. The Hall–Kier alpha value is -1.80. The number of ether oxygens (including phenoxy) is 2. The minimum Gasteiger partial charge on any atom is -0.499 e. The molecular weight excluding hydrogens is 308 g/mol. The van der Waals surface area contributed by atoms with Gasteiger partial charge in [-0.05, 0) is 10.8 Å². The molecule has 0 heterocycles. The first-order valence-corrected chi connectivity index (χ1v) is 9.45. The minimum atomic E-state index is 0.597. The number of hydrogen-bond acceptors (Lipinski definition) is 2. The highest BCUT2D eigenvalue weighted by atomic mass is 16.5. The Morgan fingerprint density at radius 2 is 1.12 bits per heavy atom. The SMILES string of the molecule is C=COCCOC.CC.CC.CCCC.c1ccc2ccccc2c1. The Balaban J connectivity index is -0.000000285. The number of unbranched alkanes of at least 4 members (excludes halogenated alkanes) is 1. The second-order valence-corrected chi connectivity index (χ2v) is 4.38. The van der Waals surface area contributed by atoms with Crippen molar-refractivity contribution in [2.24, 2.45) is 0 Å². The average Bonchev–Trinajstić information content (AvgIpc) is 2.72. The van der Waals surface area contributed by atoms with E-state index in [1.807, 2.05) is 27.7 Å². The van der Waals surface area contributed by atoms with Crippen molar-refractivity contribution in [1.82, 2.24) is 0 Å². The van der Waals surface area contributed by atoms with E-state index < -0.39 is 0 Å². The van der Waals surface area contributed by atoms with Gasteiger partial charge in [0.1, 0.15) is 6.61 Å². The van der Waals surface area contributed by atoms with E-state index in [-0.39, 0.29) is 0 Å². The predicted octanol–water partition coefficient (Wildman–Crippen LogP) is 7.49. The zero-order chi connectivity index (χ0) is 19.8. The maximum Gasteiger partial charge on any atom is 0.111 e. The van der Waals surface area contributed by atoms with Gasteiger partial charge in [0.05, 0.1) is 12.9 Å². The van der Waals surface area contributed by atoms with Gasteiger partial charge in [0.2, 0.25) is 0 Å². The van der Waals surface area contributed by atoms with Crippen LogP contribution in [-0.2, 0) is 9.47 Å². The first kappa shape index (κ1) is 28.0. The van der Waals surface area contributed by atoms with Crippen LogP contribution in [0.25, 0.3) is 10.8 Å². The smallest absolute Gasteiger partial charge is 0.111 e. The lowest BCUT2D eigenvalue weighted by atomic mass is 10.1. The molecule has 0 aliphatic heterocycles. The number of methoxy groups -OCH3 is 1. The number of rotatable bonds is 5. The predicted molar refractivity (Wildman–Crippen MR) is 115 cm³/mol. The van der Waals surface area contributed by atoms with Gasteiger partial charge in [-0.15, -0.1) is 0 Å². The largest absolute Gasteiger partial charge is 0.499 e. The third-order valence-corrected chi connectivity index (χ3v) is 2.68. The zero-order valence-corrected chi connectivity index (χ0v) is 17.5. The molecule has 0 N–H and O–H groups in total. The lowest BCUT2D eigenvalue weighted by Gasteiger charge is -1.95. The molecule has 0 saturated heterocycles. The molecule has 2 aromatic rings. The van der Waals surface area contributed by atoms with E-state index in [2.05, 4.69) is 73.7 Å². The van der Waals surface area contributed by atoms with Gasteiger partial charge in [0.15, 0.2) is 0 Å². The maximum absolute atomic E-state index is 4.71. The van der Waals surface area contributed by atoms with Crippen LogP contribution in [0.2, 0.25) is 0 Å². The van der Waals surface area contributed by atoms with E-state index in [4.69, 9.17) is 4.74 Å². The molecule has 0 saturated carbocycles. The lowest BCUT2D eigenvalue weighted by Crippen LogP contribution is -1.95. The molecule has 0 bridgehead atoms. The maximum atomic E-state index is 4.71. The van der Waals surface area contributed by atoms with E-state index >= 15 is 0 Å². The average molecular weight is 349 g/mol. The summed E-state index contributed by atoms with van der Waals surface area (Å²) in [7, 11) is 1.63. The van der Waals surface area contributed by atoms with Crippen molar-refractivity contribution in [2.75, 3.05) is 20.3 Å². The van der Waals surface area contributed by atoms with E-state index in [0.29, 0.717) is 13.2 Å². The van der Waals surface area contributed by atoms with Crippen LogP contribution in [0.4, 0.5) is 0 Å². The molecule has 0 amide bonds. The molecule has 0 atom stereocenters. The van der Waals surface area contributed by atoms with Crippen LogP contribution in [0.15, 0.2) is 61.4 Å². The third kappa shape index (κ3) is 20.2. The molecule has 0 unspecified atom stereocenters. The highest BCUT2D eigenvalue weighted by Gasteiger charge is 1.85. The van der Waals surface area contributed by atoms with Crippen molar-refractivity contribution in [2.45, 2.75) is 54.4 Å². The van der Waals surface area contributed by atoms with Crippen molar-refractivity contribution in [1.29, 1.82) is 0 Å². The third-order valence-electron chi connectivity index (χ3n) is 2.68. The van der Waals surface area contributed by atoms with Crippen molar-refractivity contribution in [3.8, 4) is 0 Å². The quantitative estimate of drug-likeness (QED) is 0.411. The Bertz CT molecular complexity index is 399. The summed E-state index contributed by atoms with van der Waals surface area (Å²) < 4.78 is 9.38. The first-order chi connectivity index (χ1) is 12.3. The summed E-state index contributed by atoms with van der Waals surface area (Å²) in [5, 5.41) is 2.62. The van der Waals surface area contributed by atoms with Crippen molar-refractivity contribution < 1.29 is 9.47 Å². The first-order valence-electron chi connectivity index (χ1n) is 9.45. The summed E-state index contributed by atoms with van der Waals surface area (Å²) in [5.41, 5.74) is 0. The van der Waals surface area contributed by atoms with Gasteiger partial charge in [-0.3, -0.25) is 0 Å². The Morgan fingerprint density at radius 3 is 1.36 bits per heavy atom. The summed E-state index contributed by atoms with van der Waals surface area (Å²) in [6.07, 6.45) is 4.04. The van der Waals surface area contributed by atoms with Crippen LogP contribution in [0.1, 0.15) is 54.4 Å². The van der Waals surface area contributed by atoms with Crippen LogP contribution in [-0.4, -0.2) is 20.3 Å². The highest BCUT2D eigenvalue weighted by Crippen LogP contribution is 2.11. The summed E-state index contributed by atoms with van der Waals surface area (Å²) in [6, 6.07) is 16.7. The van der Waals surface area contributed by atoms with E-state index in [0.717, 1.165) is 0 Å². The monoisotopic (exact) mass is 348 g/mol. The molecule has 0 aliphatic carbocycles. The van der Waals surface area contributed by atoms with Gasteiger partial charge in [0.25, 0.3) is 0 Å². The molecular formula is C23H40O2. The second-order valence-electron chi connectivity index (χ2n) is 4.38. The molecule has 0 radical (unpaired) electrons. The van der Waals surface area contributed by atoms with Crippen molar-refractivity contribution >= 4 is 10.8 Å². The minimum absolute atomic E-state index is 0.597. The second kappa shape index (κ2) is 27.1. The zero-order valence-electron chi connectivity index (χ0n) is 17.5. The fourth-order valence-corrected chi connectivity index (χ4v) is 1.35. The van der Waals surface area contributed by atoms with Crippen LogP contribution in [0.3, 0.4) is 0 Å². The van der Waals surface area contributed by atoms with Gasteiger partial charge >= 0.3 is 0 Å². The van der Waals surface area contributed by atoms with Crippen LogP contribution < -0.4 is 0 Å². The topological polar surface area (TPSA) is 18.5 Å². The Kier molecular flexibility index (Phi) is 30.3.